The molecule has 0 aliphatic carbocycles. The monoisotopic (exact) mass is 481 g/mol. The molecule has 1 heterocycles. The maximum Gasteiger partial charge on any atom is 0.261 e. The van der Waals surface area contributed by atoms with Crippen LogP contribution >= 0.6 is 0 Å². The number of nitrogens with two attached hydrogens (primary N) is 1. The highest BCUT2D eigenvalue weighted by molar-refractivity contribution is 7.92. The molecule has 0 radical (unpaired) electrons. The first-order valence-electron chi connectivity index (χ1n) is 9.62. The average molecular weight is 482 g/mol. The van der Waals surface area contributed by atoms with E-state index in [1.807, 2.05) is 0 Å². The van der Waals surface area contributed by atoms with Gasteiger partial charge in [0.2, 0.25) is 16.0 Å². The lowest BCUT2D eigenvalue weighted by atomic mass is 10.1. The van der Waals surface area contributed by atoms with Crippen LogP contribution in [-0.2, 0) is 20.0 Å². The molecule has 0 saturated carbocycles. The van der Waals surface area contributed by atoms with Crippen LogP contribution in [0.4, 0.5) is 17.3 Å². The minimum absolute atomic E-state index is 0.00527. The molecule has 4 rings (SSSR count). The lowest BCUT2D eigenvalue weighted by molar-refractivity contribution is 0.597. The average Bonchev–Trinajstić information content (AvgIpc) is 2.80. The normalized spacial score (nSPS) is 11.7. The predicted octanol–water partition coefficient (Wildman–Crippen LogP) is 3.34. The lowest BCUT2D eigenvalue weighted by Gasteiger charge is -2.10. The molecule has 0 aliphatic heterocycles. The highest BCUT2D eigenvalue weighted by Crippen LogP contribution is 2.23. The summed E-state index contributed by atoms with van der Waals surface area (Å²) >= 11 is 0. The third kappa shape index (κ3) is 5.52. The third-order valence-corrected chi connectivity index (χ3v) is 6.91. The molecule has 11 heteroatoms. The van der Waals surface area contributed by atoms with Gasteiger partial charge in [0.15, 0.2) is 0 Å². The number of aromatic nitrogens is 2. The minimum Gasteiger partial charge on any atom is -0.324 e. The van der Waals surface area contributed by atoms with Gasteiger partial charge < -0.3 is 5.32 Å². The minimum atomic E-state index is -3.77. The lowest BCUT2D eigenvalue weighted by Crippen LogP contribution is -2.12. The number of primary sulfonamides is 1. The first-order chi connectivity index (χ1) is 15.7. The second-order valence-electron chi connectivity index (χ2n) is 6.96. The summed E-state index contributed by atoms with van der Waals surface area (Å²) in [4.78, 5) is 8.82. The molecule has 1 aromatic heterocycles. The van der Waals surface area contributed by atoms with Gasteiger partial charge in [-0.25, -0.2) is 31.9 Å². The predicted molar refractivity (Wildman–Crippen MR) is 126 cm³/mol. The second kappa shape index (κ2) is 8.98. The number of anilines is 3. The van der Waals surface area contributed by atoms with Crippen molar-refractivity contribution in [1.82, 2.24) is 9.97 Å². The van der Waals surface area contributed by atoms with Gasteiger partial charge in [0, 0.05) is 23.1 Å². The second-order valence-corrected chi connectivity index (χ2v) is 10.2. The Labute approximate surface area is 191 Å². The molecule has 0 saturated heterocycles. The molecule has 0 fully saturated rings. The van der Waals surface area contributed by atoms with Crippen LogP contribution in [-0.4, -0.2) is 26.8 Å². The number of hydrogen-bond acceptors (Lipinski definition) is 7. The molecule has 33 heavy (non-hydrogen) atoms. The molecule has 168 valence electrons. The maximum atomic E-state index is 12.5. The van der Waals surface area contributed by atoms with Gasteiger partial charge in [-0.15, -0.1) is 0 Å². The van der Waals surface area contributed by atoms with Crippen molar-refractivity contribution in [3.63, 3.8) is 0 Å². The zero-order chi connectivity index (χ0) is 23.5. The molecule has 0 spiro atoms. The maximum absolute atomic E-state index is 12.5. The molecular formula is C22H19N5O4S2. The first-order valence-corrected chi connectivity index (χ1v) is 12.6. The Morgan fingerprint density at radius 3 is 1.97 bits per heavy atom. The zero-order valence-electron chi connectivity index (χ0n) is 17.1. The van der Waals surface area contributed by atoms with Crippen LogP contribution in [0, 0.1) is 0 Å². The Morgan fingerprint density at radius 2 is 1.33 bits per heavy atom. The van der Waals surface area contributed by atoms with Gasteiger partial charge in [-0.05, 0) is 54.6 Å². The van der Waals surface area contributed by atoms with E-state index in [0.29, 0.717) is 23.0 Å². The Hall–Kier alpha value is -3.80. The fraction of sp³-hybridized carbons (Fsp3) is 0. The zero-order valence-corrected chi connectivity index (χ0v) is 18.7. The molecule has 0 aliphatic rings. The van der Waals surface area contributed by atoms with E-state index >= 15 is 0 Å². The van der Waals surface area contributed by atoms with Crippen molar-refractivity contribution in [3.8, 4) is 11.3 Å². The van der Waals surface area contributed by atoms with Gasteiger partial charge in [-0.1, -0.05) is 30.3 Å². The van der Waals surface area contributed by atoms with Crippen molar-refractivity contribution in [3.05, 3.63) is 91.1 Å². The summed E-state index contributed by atoms with van der Waals surface area (Å²) < 4.78 is 50.2. The van der Waals surface area contributed by atoms with Crippen LogP contribution in [0.5, 0.6) is 0 Å². The summed E-state index contributed by atoms with van der Waals surface area (Å²) in [6.07, 6.45) is 1.58. The summed E-state index contributed by atoms with van der Waals surface area (Å²) in [5.41, 5.74) is 2.38. The molecule has 0 amide bonds. The number of nitrogens with one attached hydrogen (secondary N) is 2. The van der Waals surface area contributed by atoms with Gasteiger partial charge in [-0.3, -0.25) is 4.72 Å². The van der Waals surface area contributed by atoms with E-state index < -0.39 is 20.0 Å². The SMILES string of the molecule is NS(=O)(=O)c1ccc(Nc2nccc(-c3ccc(NS(=O)(=O)c4ccccc4)cc3)n2)cc1. The van der Waals surface area contributed by atoms with Crippen molar-refractivity contribution < 1.29 is 16.8 Å². The van der Waals surface area contributed by atoms with E-state index in [2.05, 4.69) is 20.0 Å². The molecule has 0 unspecified atom stereocenters. The van der Waals surface area contributed by atoms with Crippen molar-refractivity contribution in [2.75, 3.05) is 10.0 Å². The summed E-state index contributed by atoms with van der Waals surface area (Å²) in [6.45, 7) is 0. The topological polar surface area (TPSA) is 144 Å². The molecule has 9 nitrogen and oxygen atoms in total. The fourth-order valence-corrected chi connectivity index (χ4v) is 4.55. The number of benzene rings is 3. The molecule has 4 N–H and O–H groups in total. The Balaban J connectivity index is 1.49. The van der Waals surface area contributed by atoms with E-state index in [1.54, 1.807) is 66.9 Å². The number of nitrogens with zero attached hydrogens (tertiary/aromatic N) is 2. The largest absolute Gasteiger partial charge is 0.324 e. The van der Waals surface area contributed by atoms with Crippen molar-refractivity contribution in [1.29, 1.82) is 0 Å². The van der Waals surface area contributed by atoms with Crippen molar-refractivity contribution >= 4 is 37.4 Å². The summed E-state index contributed by atoms with van der Waals surface area (Å²) in [5.74, 6) is 0.310. The standard InChI is InChI=1S/C22H19N5O4S2/c23-32(28,29)19-12-10-17(11-13-19)25-22-24-15-14-21(26-22)16-6-8-18(9-7-16)27-33(30,31)20-4-2-1-3-5-20/h1-15,27H,(H2,23,28,29)(H,24,25,26). The summed E-state index contributed by atoms with van der Waals surface area (Å²) in [5, 5.41) is 8.11. The van der Waals surface area contributed by atoms with E-state index in [9.17, 15) is 16.8 Å². The van der Waals surface area contributed by atoms with E-state index in [4.69, 9.17) is 5.14 Å². The van der Waals surface area contributed by atoms with Crippen LogP contribution in [0.25, 0.3) is 11.3 Å². The van der Waals surface area contributed by atoms with E-state index in [0.717, 1.165) is 5.56 Å². The van der Waals surface area contributed by atoms with Crippen molar-refractivity contribution in [2.45, 2.75) is 9.79 Å². The fourth-order valence-electron chi connectivity index (χ4n) is 2.96. The summed E-state index contributed by atoms with van der Waals surface area (Å²) in [6, 6.07) is 22.5. The van der Waals surface area contributed by atoms with Gasteiger partial charge >= 0.3 is 0 Å². The highest BCUT2D eigenvalue weighted by atomic mass is 32.2. The molecule has 3 aromatic carbocycles. The van der Waals surface area contributed by atoms with Crippen LogP contribution in [0.2, 0.25) is 0 Å². The molecular weight excluding hydrogens is 462 g/mol. The quantitative estimate of drug-likeness (QED) is 0.367. The number of hydrogen-bond donors (Lipinski definition) is 3. The summed E-state index contributed by atoms with van der Waals surface area (Å²) in [7, 11) is -7.44. The van der Waals surface area contributed by atoms with Gasteiger partial charge in [0.1, 0.15) is 0 Å². The van der Waals surface area contributed by atoms with E-state index in [1.165, 1.54) is 24.3 Å². The first kappa shape index (κ1) is 22.4. The van der Waals surface area contributed by atoms with Crippen LogP contribution < -0.4 is 15.2 Å². The van der Waals surface area contributed by atoms with Gasteiger partial charge in [0.25, 0.3) is 10.0 Å². The van der Waals surface area contributed by atoms with Gasteiger partial charge in [0.05, 0.1) is 15.5 Å². The molecule has 0 bridgehead atoms. The van der Waals surface area contributed by atoms with Gasteiger partial charge in [-0.2, -0.15) is 0 Å². The smallest absolute Gasteiger partial charge is 0.261 e. The Morgan fingerprint density at radius 1 is 0.697 bits per heavy atom. The highest BCUT2D eigenvalue weighted by Gasteiger charge is 2.13. The third-order valence-electron chi connectivity index (χ3n) is 4.58. The molecule has 4 aromatic rings. The number of sulfonamides is 2. The van der Waals surface area contributed by atoms with E-state index in [-0.39, 0.29) is 9.79 Å². The van der Waals surface area contributed by atoms with Crippen molar-refractivity contribution in [2.24, 2.45) is 5.14 Å². The Bertz CT molecular complexity index is 1470. The van der Waals surface area contributed by atoms with Crippen LogP contribution in [0.3, 0.4) is 0 Å². The Kier molecular flexibility index (Phi) is 6.09. The molecule has 0 atom stereocenters. The number of rotatable bonds is 7. The van der Waals surface area contributed by atoms with Crippen LogP contribution in [0.15, 0.2) is 101 Å². The van der Waals surface area contributed by atoms with Crippen LogP contribution in [0.1, 0.15) is 0 Å².